The van der Waals surface area contributed by atoms with Gasteiger partial charge >= 0.3 is 6.03 Å². The third-order valence-corrected chi connectivity index (χ3v) is 6.12. The fourth-order valence-corrected chi connectivity index (χ4v) is 4.58. The van der Waals surface area contributed by atoms with Crippen LogP contribution in [0, 0.1) is 0 Å². The van der Waals surface area contributed by atoms with Gasteiger partial charge < -0.3 is 24.8 Å². The van der Waals surface area contributed by atoms with Gasteiger partial charge in [0.05, 0.1) is 22.6 Å². The summed E-state index contributed by atoms with van der Waals surface area (Å²) < 4.78 is 12.2. The van der Waals surface area contributed by atoms with Gasteiger partial charge in [-0.2, -0.15) is 0 Å². The predicted molar refractivity (Wildman–Crippen MR) is 108 cm³/mol. The number of carbonyl (C=O) groups is 1. The van der Waals surface area contributed by atoms with Crippen LogP contribution in [0.4, 0.5) is 10.5 Å². The van der Waals surface area contributed by atoms with E-state index in [1.807, 2.05) is 24.5 Å². The van der Waals surface area contributed by atoms with Gasteiger partial charge in [-0.1, -0.05) is 0 Å². The highest BCUT2D eigenvalue weighted by Gasteiger charge is 2.20. The van der Waals surface area contributed by atoms with Crippen molar-refractivity contribution in [2.45, 2.75) is 11.4 Å². The van der Waals surface area contributed by atoms with E-state index in [-0.39, 0.29) is 19.2 Å². The minimum atomic E-state index is -0.268. The lowest BCUT2D eigenvalue weighted by Gasteiger charge is -2.24. The largest absolute Gasteiger partial charge is 0.486 e. The number of carbonyl (C=O) groups excluding carboxylic acids is 1. The molecule has 0 fully saturated rings. The Hall–Kier alpha value is -1.42. The Bertz CT molecular complexity index is 784. The van der Waals surface area contributed by atoms with E-state index in [2.05, 4.69) is 21.2 Å². The third kappa shape index (κ3) is 4.64. The smallest absolute Gasteiger partial charge is 0.322 e. The second-order valence-corrected chi connectivity index (χ2v) is 8.87. The molecule has 26 heavy (non-hydrogen) atoms. The van der Waals surface area contributed by atoms with Crippen molar-refractivity contribution < 1.29 is 19.4 Å². The van der Waals surface area contributed by atoms with Crippen molar-refractivity contribution in [3.05, 3.63) is 32.9 Å². The third-order valence-electron chi connectivity index (χ3n) is 3.74. The first-order chi connectivity index (χ1) is 12.6. The van der Waals surface area contributed by atoms with Gasteiger partial charge in [-0.3, -0.25) is 0 Å². The van der Waals surface area contributed by atoms with Crippen molar-refractivity contribution in [1.29, 1.82) is 0 Å². The summed E-state index contributed by atoms with van der Waals surface area (Å²) in [5.74, 6) is 1.31. The van der Waals surface area contributed by atoms with E-state index in [0.717, 1.165) is 13.6 Å². The molecule has 3 rings (SSSR count). The first-order valence-corrected chi connectivity index (χ1v) is 10.8. The molecule has 0 spiro atoms. The molecule has 2 amide bonds. The van der Waals surface area contributed by atoms with Crippen LogP contribution in [0.5, 0.6) is 11.5 Å². The minimum absolute atomic E-state index is 0.101. The summed E-state index contributed by atoms with van der Waals surface area (Å²) >= 11 is 6.51. The first-order valence-electron chi connectivity index (χ1n) is 7.99. The summed E-state index contributed by atoms with van der Waals surface area (Å²) in [5, 5.41) is 12.3. The molecule has 1 aliphatic rings. The van der Waals surface area contributed by atoms with Crippen LogP contribution in [-0.2, 0) is 6.54 Å². The van der Waals surface area contributed by atoms with Gasteiger partial charge in [0.15, 0.2) is 11.5 Å². The number of ether oxygens (including phenoxy) is 2. The quantitative estimate of drug-likeness (QED) is 0.639. The Labute approximate surface area is 168 Å². The molecule has 1 aromatic carbocycles. The molecule has 1 aliphatic heterocycles. The lowest BCUT2D eigenvalue weighted by atomic mass is 10.2. The van der Waals surface area contributed by atoms with Crippen LogP contribution < -0.4 is 14.8 Å². The zero-order chi connectivity index (χ0) is 18.5. The molecule has 0 radical (unpaired) electrons. The van der Waals surface area contributed by atoms with E-state index in [4.69, 9.17) is 9.47 Å². The summed E-state index contributed by atoms with van der Waals surface area (Å²) in [6.45, 7) is 1.59. The number of fused-ring (bicyclic) bond motifs is 1. The molecule has 0 bridgehead atoms. The molecule has 2 aromatic rings. The van der Waals surface area contributed by atoms with Gasteiger partial charge in [-0.25, -0.2) is 4.79 Å². The predicted octanol–water partition coefficient (Wildman–Crippen LogP) is 4.03. The number of benzene rings is 1. The maximum atomic E-state index is 12.8. The van der Waals surface area contributed by atoms with Crippen LogP contribution in [0.1, 0.15) is 4.88 Å². The lowest BCUT2D eigenvalue weighted by Crippen LogP contribution is -2.36. The molecular weight excluding hydrogens is 440 g/mol. The van der Waals surface area contributed by atoms with E-state index in [0.29, 0.717) is 36.9 Å². The highest BCUT2D eigenvalue weighted by atomic mass is 79.9. The molecule has 0 saturated carbocycles. The second-order valence-electron chi connectivity index (χ2n) is 5.48. The molecule has 0 atom stereocenters. The zero-order valence-electron chi connectivity index (χ0n) is 14.2. The summed E-state index contributed by atoms with van der Waals surface area (Å²) in [7, 11) is 0. The lowest BCUT2D eigenvalue weighted by molar-refractivity contribution is 0.171. The highest BCUT2D eigenvalue weighted by Crippen LogP contribution is 2.39. The Morgan fingerprint density at radius 3 is 2.69 bits per heavy atom. The Morgan fingerprint density at radius 2 is 2.08 bits per heavy atom. The number of hydrogen-bond acceptors (Lipinski definition) is 6. The number of rotatable bonds is 6. The Kier molecular flexibility index (Phi) is 6.68. The van der Waals surface area contributed by atoms with Gasteiger partial charge in [0.2, 0.25) is 0 Å². The molecule has 0 aliphatic carbocycles. The molecule has 9 heteroatoms. The number of hydrogen-bond donors (Lipinski definition) is 2. The van der Waals surface area contributed by atoms with Crippen molar-refractivity contribution in [3.8, 4) is 11.5 Å². The molecule has 0 saturated heterocycles. The van der Waals surface area contributed by atoms with Crippen LogP contribution in [0.3, 0.4) is 0 Å². The number of amides is 2. The van der Waals surface area contributed by atoms with Gasteiger partial charge in [0, 0.05) is 22.4 Å². The van der Waals surface area contributed by atoms with Crippen molar-refractivity contribution in [1.82, 2.24) is 4.90 Å². The molecule has 2 heterocycles. The average molecular weight is 459 g/mol. The molecule has 2 N–H and O–H groups in total. The molecule has 140 valence electrons. The molecule has 1 aromatic heterocycles. The van der Waals surface area contributed by atoms with E-state index in [1.54, 1.807) is 22.3 Å². The summed E-state index contributed by atoms with van der Waals surface area (Å²) in [6, 6.07) is 7.31. The zero-order valence-corrected chi connectivity index (χ0v) is 17.4. The second kappa shape index (κ2) is 8.98. The standard InChI is InChI=1S/C17H19BrN2O4S2/c1-25-15-9-14-13(23-6-7-24-14)8-12(15)19-17(22)20(4-5-21)10-11-2-3-16(18)26-11/h2-3,8-9,21H,4-7,10H2,1H3,(H,19,22). The summed E-state index contributed by atoms with van der Waals surface area (Å²) in [4.78, 5) is 16.3. The SMILES string of the molecule is CSc1cc2c(cc1NC(=O)N(CCO)Cc1ccc(Br)s1)OCCO2. The van der Waals surface area contributed by atoms with E-state index >= 15 is 0 Å². The topological polar surface area (TPSA) is 71.0 Å². The van der Waals surface area contributed by atoms with Gasteiger partial charge in [0.1, 0.15) is 13.2 Å². The number of nitrogens with zero attached hydrogens (tertiary/aromatic N) is 1. The number of anilines is 1. The van der Waals surface area contributed by atoms with Gasteiger partial charge in [-0.15, -0.1) is 23.1 Å². The molecule has 6 nitrogen and oxygen atoms in total. The number of halogens is 1. The van der Waals surface area contributed by atoms with Crippen molar-refractivity contribution in [2.75, 3.05) is 37.9 Å². The summed E-state index contributed by atoms with van der Waals surface area (Å²) in [6.07, 6.45) is 1.94. The fraction of sp³-hybridized carbons (Fsp3) is 0.353. The molecule has 0 unspecified atom stereocenters. The maximum absolute atomic E-state index is 12.8. The van der Waals surface area contributed by atoms with Crippen LogP contribution in [0.15, 0.2) is 32.9 Å². The summed E-state index contributed by atoms with van der Waals surface area (Å²) in [5.41, 5.74) is 0.669. The van der Waals surface area contributed by atoms with Crippen molar-refractivity contribution in [2.24, 2.45) is 0 Å². The molecular formula is C17H19BrN2O4S2. The van der Waals surface area contributed by atoms with Gasteiger partial charge in [0.25, 0.3) is 0 Å². The average Bonchev–Trinajstić information content (AvgIpc) is 3.05. The van der Waals surface area contributed by atoms with E-state index in [9.17, 15) is 9.90 Å². The van der Waals surface area contributed by atoms with Crippen LogP contribution in [0.25, 0.3) is 0 Å². The number of aliphatic hydroxyl groups excluding tert-OH is 1. The number of thioether (sulfide) groups is 1. The number of nitrogens with one attached hydrogen (secondary N) is 1. The highest BCUT2D eigenvalue weighted by molar-refractivity contribution is 9.11. The number of thiophene rings is 1. The van der Waals surface area contributed by atoms with E-state index < -0.39 is 0 Å². The van der Waals surface area contributed by atoms with Crippen LogP contribution in [0.2, 0.25) is 0 Å². The van der Waals surface area contributed by atoms with Crippen molar-refractivity contribution >= 4 is 50.7 Å². The Morgan fingerprint density at radius 1 is 1.35 bits per heavy atom. The van der Waals surface area contributed by atoms with E-state index in [1.165, 1.54) is 11.8 Å². The van der Waals surface area contributed by atoms with Crippen LogP contribution in [-0.4, -0.2) is 48.7 Å². The fourth-order valence-electron chi connectivity index (χ4n) is 2.53. The van der Waals surface area contributed by atoms with Crippen LogP contribution >= 0.6 is 39.0 Å². The maximum Gasteiger partial charge on any atom is 0.322 e. The first kappa shape index (κ1) is 19.3. The monoisotopic (exact) mass is 458 g/mol. The number of aliphatic hydroxyl groups is 1. The van der Waals surface area contributed by atoms with Crippen molar-refractivity contribution in [3.63, 3.8) is 0 Å². The minimum Gasteiger partial charge on any atom is -0.486 e. The normalized spacial score (nSPS) is 12.7. The van der Waals surface area contributed by atoms with Gasteiger partial charge in [-0.05, 0) is 40.4 Å². The number of urea groups is 1. The Balaban J connectivity index is 1.77.